The van der Waals surface area contributed by atoms with Gasteiger partial charge < -0.3 is 5.11 Å². The molecule has 0 aliphatic carbocycles. The molecule has 0 aliphatic rings. The lowest BCUT2D eigenvalue weighted by atomic mass is 10.4. The van der Waals surface area contributed by atoms with Gasteiger partial charge in [-0.3, -0.25) is 4.68 Å². The molecule has 5 nitrogen and oxygen atoms in total. The van der Waals surface area contributed by atoms with Gasteiger partial charge in [-0.1, -0.05) is 0 Å². The fraction of sp³-hybridized carbons (Fsp3) is 0.222. The molecule has 15 heavy (non-hydrogen) atoms. The number of carbonyl (C=O) groups is 1. The molecule has 0 fully saturated rings. The average Bonchev–Trinajstić information content (AvgIpc) is 2.76. The van der Waals surface area contributed by atoms with Gasteiger partial charge in [-0.15, -0.1) is 11.3 Å². The molecule has 2 aromatic rings. The molecule has 0 unspecified atom stereocenters. The van der Waals surface area contributed by atoms with Crippen molar-refractivity contribution in [1.29, 1.82) is 0 Å². The van der Waals surface area contributed by atoms with Crippen LogP contribution in [0.1, 0.15) is 20.4 Å². The number of thiazole rings is 1. The van der Waals surface area contributed by atoms with Crippen molar-refractivity contribution in [1.82, 2.24) is 14.8 Å². The number of rotatable bonds is 3. The highest BCUT2D eigenvalue weighted by Gasteiger charge is 2.07. The summed E-state index contributed by atoms with van der Waals surface area (Å²) in [6, 6.07) is 1.48. The molecule has 0 atom stereocenters. The molecule has 2 aromatic heterocycles. The van der Waals surface area contributed by atoms with Crippen LogP contribution in [0.15, 0.2) is 18.5 Å². The minimum absolute atomic E-state index is 0.0660. The number of carboxylic acids is 1. The Morgan fingerprint density at radius 1 is 1.67 bits per heavy atom. The molecule has 2 rings (SSSR count). The van der Waals surface area contributed by atoms with E-state index in [2.05, 4.69) is 10.1 Å². The number of aryl methyl sites for hydroxylation is 1. The molecule has 0 aromatic carbocycles. The zero-order valence-corrected chi connectivity index (χ0v) is 8.86. The second kappa shape index (κ2) is 3.82. The third kappa shape index (κ3) is 2.21. The van der Waals surface area contributed by atoms with Gasteiger partial charge in [0.1, 0.15) is 0 Å². The standard InChI is InChI=1S/C9H9N3O2S/c1-6-10-4-7(15-6)5-12-3-2-8(11-12)9(13)14/h2-4H,5H2,1H3,(H,13,14). The van der Waals surface area contributed by atoms with E-state index in [9.17, 15) is 4.79 Å². The van der Waals surface area contributed by atoms with Crippen molar-refractivity contribution in [2.24, 2.45) is 0 Å². The number of nitrogens with zero attached hydrogens (tertiary/aromatic N) is 3. The first-order valence-corrected chi connectivity index (χ1v) is 5.15. The van der Waals surface area contributed by atoms with Crippen LogP contribution in [0, 0.1) is 6.92 Å². The predicted molar refractivity (Wildman–Crippen MR) is 55.1 cm³/mol. The fourth-order valence-electron chi connectivity index (χ4n) is 1.20. The molecule has 0 aliphatic heterocycles. The third-order valence-corrected chi connectivity index (χ3v) is 2.74. The maximum absolute atomic E-state index is 10.6. The van der Waals surface area contributed by atoms with Crippen molar-refractivity contribution >= 4 is 17.3 Å². The largest absolute Gasteiger partial charge is 0.476 e. The molecule has 0 saturated heterocycles. The molecule has 0 bridgehead atoms. The minimum Gasteiger partial charge on any atom is -0.476 e. The summed E-state index contributed by atoms with van der Waals surface area (Å²) in [5, 5.41) is 13.6. The van der Waals surface area contributed by atoms with Crippen LogP contribution in [0.2, 0.25) is 0 Å². The molecular weight excluding hydrogens is 214 g/mol. The van der Waals surface area contributed by atoms with Crippen molar-refractivity contribution in [2.45, 2.75) is 13.5 Å². The summed E-state index contributed by atoms with van der Waals surface area (Å²) in [6.45, 7) is 2.50. The Kier molecular flexibility index (Phi) is 2.51. The van der Waals surface area contributed by atoms with Crippen LogP contribution in [0.25, 0.3) is 0 Å². The van der Waals surface area contributed by atoms with Crippen LogP contribution in [0.5, 0.6) is 0 Å². The van der Waals surface area contributed by atoms with Gasteiger partial charge in [0.15, 0.2) is 5.69 Å². The molecule has 2 heterocycles. The molecule has 0 radical (unpaired) electrons. The molecule has 0 saturated carbocycles. The summed E-state index contributed by atoms with van der Waals surface area (Å²) in [7, 11) is 0. The third-order valence-electron chi connectivity index (χ3n) is 1.85. The maximum Gasteiger partial charge on any atom is 0.356 e. The zero-order valence-electron chi connectivity index (χ0n) is 8.04. The molecule has 0 spiro atoms. The second-order valence-corrected chi connectivity index (χ2v) is 4.37. The summed E-state index contributed by atoms with van der Waals surface area (Å²) in [4.78, 5) is 15.8. The Morgan fingerprint density at radius 2 is 2.47 bits per heavy atom. The summed E-state index contributed by atoms with van der Waals surface area (Å²) in [6.07, 6.45) is 3.43. The van der Waals surface area contributed by atoms with Gasteiger partial charge in [-0.2, -0.15) is 5.10 Å². The van der Waals surface area contributed by atoms with Crippen LogP contribution in [0.3, 0.4) is 0 Å². The summed E-state index contributed by atoms with van der Waals surface area (Å²) < 4.78 is 1.59. The Morgan fingerprint density at radius 3 is 3.00 bits per heavy atom. The minimum atomic E-state index is -1.01. The lowest BCUT2D eigenvalue weighted by molar-refractivity contribution is 0.0689. The van der Waals surface area contributed by atoms with Crippen molar-refractivity contribution in [3.8, 4) is 0 Å². The van der Waals surface area contributed by atoms with Crippen LogP contribution >= 0.6 is 11.3 Å². The van der Waals surface area contributed by atoms with Gasteiger partial charge in [0, 0.05) is 17.3 Å². The maximum atomic E-state index is 10.6. The Balaban J connectivity index is 2.14. The molecule has 1 N–H and O–H groups in total. The molecule has 78 valence electrons. The first-order chi connectivity index (χ1) is 7.15. The highest BCUT2D eigenvalue weighted by Crippen LogP contribution is 2.12. The number of carboxylic acid groups (broad SMARTS) is 1. The predicted octanol–water partition coefficient (Wildman–Crippen LogP) is 1.39. The van der Waals surface area contributed by atoms with E-state index < -0.39 is 5.97 Å². The average molecular weight is 223 g/mol. The van der Waals surface area contributed by atoms with E-state index in [1.54, 1.807) is 28.4 Å². The highest BCUT2D eigenvalue weighted by atomic mass is 32.1. The van der Waals surface area contributed by atoms with Gasteiger partial charge in [-0.05, 0) is 13.0 Å². The van der Waals surface area contributed by atoms with Crippen LogP contribution < -0.4 is 0 Å². The van der Waals surface area contributed by atoms with E-state index in [-0.39, 0.29) is 5.69 Å². The molecular formula is C9H9N3O2S. The van der Waals surface area contributed by atoms with E-state index in [1.807, 2.05) is 6.92 Å². The van der Waals surface area contributed by atoms with Gasteiger partial charge in [0.05, 0.1) is 11.6 Å². The van der Waals surface area contributed by atoms with Gasteiger partial charge >= 0.3 is 5.97 Å². The molecule has 6 heteroatoms. The first-order valence-electron chi connectivity index (χ1n) is 4.33. The van der Waals surface area contributed by atoms with Crippen molar-refractivity contribution in [3.05, 3.63) is 34.0 Å². The van der Waals surface area contributed by atoms with Gasteiger partial charge in [0.2, 0.25) is 0 Å². The Bertz CT molecular complexity index is 489. The first kappa shape index (κ1) is 9.85. The van der Waals surface area contributed by atoms with E-state index in [4.69, 9.17) is 5.11 Å². The zero-order chi connectivity index (χ0) is 10.8. The van der Waals surface area contributed by atoms with Crippen molar-refractivity contribution < 1.29 is 9.90 Å². The van der Waals surface area contributed by atoms with E-state index in [1.165, 1.54) is 6.07 Å². The highest BCUT2D eigenvalue weighted by molar-refractivity contribution is 7.11. The lowest BCUT2D eigenvalue weighted by Gasteiger charge is -1.95. The Labute approximate surface area is 90.0 Å². The van der Waals surface area contributed by atoms with Crippen LogP contribution in [-0.4, -0.2) is 25.8 Å². The normalized spacial score (nSPS) is 10.5. The number of aromatic nitrogens is 3. The van der Waals surface area contributed by atoms with E-state index in [0.717, 1.165) is 9.88 Å². The quantitative estimate of drug-likeness (QED) is 0.853. The summed E-state index contributed by atoms with van der Waals surface area (Å²) >= 11 is 1.58. The fourth-order valence-corrected chi connectivity index (χ4v) is 1.99. The number of aromatic carboxylic acids is 1. The SMILES string of the molecule is Cc1ncc(Cn2ccc(C(=O)O)n2)s1. The smallest absolute Gasteiger partial charge is 0.356 e. The van der Waals surface area contributed by atoms with Crippen LogP contribution in [0.4, 0.5) is 0 Å². The van der Waals surface area contributed by atoms with Crippen molar-refractivity contribution in [3.63, 3.8) is 0 Å². The second-order valence-electron chi connectivity index (χ2n) is 3.05. The summed E-state index contributed by atoms with van der Waals surface area (Å²) in [5.74, 6) is -1.01. The number of hydrogen-bond donors (Lipinski definition) is 1. The number of hydrogen-bond acceptors (Lipinski definition) is 4. The Hall–Kier alpha value is -1.69. The summed E-state index contributed by atoms with van der Waals surface area (Å²) in [5.41, 5.74) is 0.0660. The van der Waals surface area contributed by atoms with Gasteiger partial charge in [0.25, 0.3) is 0 Å². The van der Waals surface area contributed by atoms with Crippen molar-refractivity contribution in [2.75, 3.05) is 0 Å². The molecule has 0 amide bonds. The topological polar surface area (TPSA) is 68.0 Å². The van der Waals surface area contributed by atoms with E-state index >= 15 is 0 Å². The monoisotopic (exact) mass is 223 g/mol. The van der Waals surface area contributed by atoms with Crippen LogP contribution in [-0.2, 0) is 6.54 Å². The van der Waals surface area contributed by atoms with Gasteiger partial charge in [-0.25, -0.2) is 9.78 Å². The lowest BCUT2D eigenvalue weighted by Crippen LogP contribution is -2.02. The van der Waals surface area contributed by atoms with E-state index in [0.29, 0.717) is 6.54 Å².